The molecule has 1 heteroatoms. The van der Waals surface area contributed by atoms with Crippen molar-refractivity contribution in [3.8, 4) is 0 Å². The Balaban J connectivity index is 1.73. The summed E-state index contributed by atoms with van der Waals surface area (Å²) in [6.45, 7) is 1.99. The van der Waals surface area contributed by atoms with Crippen LogP contribution in [0.1, 0.15) is 5.56 Å². The van der Waals surface area contributed by atoms with E-state index < -0.39 is 0 Å². The van der Waals surface area contributed by atoms with Crippen LogP contribution in [-0.4, -0.2) is 6.54 Å². The first-order valence-electron chi connectivity index (χ1n) is 5.05. The number of hydrogen-bond acceptors (Lipinski definition) is 1. The van der Waals surface area contributed by atoms with Crippen LogP contribution in [0.4, 0.5) is 0 Å². The third-order valence-electron chi connectivity index (χ3n) is 2.38. The Kier molecular flexibility index (Phi) is 3.15. The number of benzene rings is 1. The Morgan fingerprint density at radius 1 is 1.00 bits per heavy atom. The summed E-state index contributed by atoms with van der Waals surface area (Å²) in [5, 5.41) is 3.44. The van der Waals surface area contributed by atoms with Crippen molar-refractivity contribution in [1.29, 1.82) is 0 Å². The van der Waals surface area contributed by atoms with Gasteiger partial charge < -0.3 is 5.32 Å². The molecule has 0 amide bonds. The molecule has 14 heavy (non-hydrogen) atoms. The summed E-state index contributed by atoms with van der Waals surface area (Å²) >= 11 is 0. The van der Waals surface area contributed by atoms with Crippen LogP contribution in [0.25, 0.3) is 0 Å². The second-order valence-corrected chi connectivity index (χ2v) is 3.55. The molecule has 1 aliphatic carbocycles. The van der Waals surface area contributed by atoms with Crippen molar-refractivity contribution in [3.05, 3.63) is 60.2 Å². The second kappa shape index (κ2) is 4.77. The largest absolute Gasteiger partial charge is 0.312 e. The summed E-state index contributed by atoms with van der Waals surface area (Å²) in [5.41, 5.74) is 1.35. The van der Waals surface area contributed by atoms with Gasteiger partial charge in [-0.15, -0.1) is 0 Å². The molecular weight excluding hydrogens is 170 g/mol. The molecule has 0 spiro atoms. The van der Waals surface area contributed by atoms with E-state index >= 15 is 0 Å². The molecule has 2 rings (SSSR count). The van der Waals surface area contributed by atoms with Gasteiger partial charge in [-0.1, -0.05) is 54.6 Å². The Morgan fingerprint density at radius 3 is 2.43 bits per heavy atom. The van der Waals surface area contributed by atoms with Crippen molar-refractivity contribution in [1.82, 2.24) is 5.32 Å². The highest BCUT2D eigenvalue weighted by Crippen LogP contribution is 2.07. The average molecular weight is 185 g/mol. The summed E-state index contributed by atoms with van der Waals surface area (Å²) in [6.07, 6.45) is 8.65. The standard InChI is InChI=1S/C13H15N/c1-2-6-12(7-3-1)10-14-11-13-8-4-5-9-13/h1-9,13-14H,10-11H2. The van der Waals surface area contributed by atoms with Gasteiger partial charge in [0.05, 0.1) is 0 Å². The van der Waals surface area contributed by atoms with Crippen LogP contribution in [0.3, 0.4) is 0 Å². The summed E-state index contributed by atoms with van der Waals surface area (Å²) in [5.74, 6) is 0.582. The Bertz CT molecular complexity index is 312. The molecule has 72 valence electrons. The number of hydrogen-bond donors (Lipinski definition) is 1. The monoisotopic (exact) mass is 185 g/mol. The minimum Gasteiger partial charge on any atom is -0.312 e. The zero-order valence-electron chi connectivity index (χ0n) is 8.19. The van der Waals surface area contributed by atoms with Crippen LogP contribution < -0.4 is 5.32 Å². The molecule has 0 saturated carbocycles. The Morgan fingerprint density at radius 2 is 1.71 bits per heavy atom. The van der Waals surface area contributed by atoms with E-state index in [-0.39, 0.29) is 0 Å². The fraction of sp³-hybridized carbons (Fsp3) is 0.231. The van der Waals surface area contributed by atoms with Gasteiger partial charge >= 0.3 is 0 Å². The molecule has 0 heterocycles. The van der Waals surface area contributed by atoms with Crippen molar-refractivity contribution in [3.63, 3.8) is 0 Å². The maximum absolute atomic E-state index is 3.44. The predicted octanol–water partition coefficient (Wildman–Crippen LogP) is 2.52. The van der Waals surface area contributed by atoms with E-state index in [4.69, 9.17) is 0 Å². The highest BCUT2D eigenvalue weighted by Gasteiger charge is 2.01. The molecule has 0 fully saturated rings. The highest BCUT2D eigenvalue weighted by molar-refractivity contribution is 5.18. The van der Waals surface area contributed by atoms with E-state index in [9.17, 15) is 0 Å². The van der Waals surface area contributed by atoms with E-state index in [1.807, 2.05) is 6.07 Å². The third-order valence-corrected chi connectivity index (χ3v) is 2.38. The molecule has 1 aromatic rings. The van der Waals surface area contributed by atoms with Gasteiger partial charge in [-0.25, -0.2) is 0 Å². The number of nitrogens with one attached hydrogen (secondary N) is 1. The molecule has 0 saturated heterocycles. The average Bonchev–Trinajstić information content (AvgIpc) is 2.72. The zero-order valence-corrected chi connectivity index (χ0v) is 8.19. The second-order valence-electron chi connectivity index (χ2n) is 3.55. The van der Waals surface area contributed by atoms with Crippen LogP contribution in [0, 0.1) is 5.92 Å². The molecule has 0 atom stereocenters. The van der Waals surface area contributed by atoms with Gasteiger partial charge in [0.1, 0.15) is 0 Å². The molecule has 1 nitrogen and oxygen atoms in total. The molecule has 0 radical (unpaired) electrons. The summed E-state index contributed by atoms with van der Waals surface area (Å²) < 4.78 is 0. The predicted molar refractivity (Wildman–Crippen MR) is 59.9 cm³/mol. The van der Waals surface area contributed by atoms with E-state index in [1.165, 1.54) is 5.56 Å². The lowest BCUT2D eigenvalue weighted by Crippen LogP contribution is -2.19. The third kappa shape index (κ3) is 2.57. The minimum atomic E-state index is 0.582. The van der Waals surface area contributed by atoms with Gasteiger partial charge in [0.15, 0.2) is 0 Å². The van der Waals surface area contributed by atoms with Crippen LogP contribution in [0.2, 0.25) is 0 Å². The van der Waals surface area contributed by atoms with Gasteiger partial charge in [-0.3, -0.25) is 0 Å². The van der Waals surface area contributed by atoms with Crippen LogP contribution in [-0.2, 0) is 6.54 Å². The molecule has 0 aliphatic heterocycles. The first kappa shape index (κ1) is 9.22. The summed E-state index contributed by atoms with van der Waals surface area (Å²) in [4.78, 5) is 0. The lowest BCUT2D eigenvalue weighted by Gasteiger charge is -2.07. The molecule has 1 N–H and O–H groups in total. The van der Waals surface area contributed by atoms with Crippen LogP contribution in [0.5, 0.6) is 0 Å². The smallest absolute Gasteiger partial charge is 0.0205 e. The molecule has 0 aromatic heterocycles. The van der Waals surface area contributed by atoms with Gasteiger partial charge in [0, 0.05) is 19.0 Å². The Hall–Kier alpha value is -1.34. The van der Waals surface area contributed by atoms with Crippen molar-refractivity contribution in [2.45, 2.75) is 6.54 Å². The molecule has 0 unspecified atom stereocenters. The van der Waals surface area contributed by atoms with Gasteiger partial charge in [-0.2, -0.15) is 0 Å². The van der Waals surface area contributed by atoms with Gasteiger partial charge in [0.2, 0.25) is 0 Å². The van der Waals surface area contributed by atoms with Crippen molar-refractivity contribution >= 4 is 0 Å². The Labute approximate surface area is 85.2 Å². The maximum atomic E-state index is 3.44. The number of rotatable bonds is 4. The fourth-order valence-electron chi connectivity index (χ4n) is 1.59. The van der Waals surface area contributed by atoms with Crippen LogP contribution >= 0.6 is 0 Å². The molecular formula is C13H15N. The molecule has 1 aromatic carbocycles. The topological polar surface area (TPSA) is 12.0 Å². The first-order valence-corrected chi connectivity index (χ1v) is 5.05. The lowest BCUT2D eigenvalue weighted by molar-refractivity contribution is 0.633. The van der Waals surface area contributed by atoms with Crippen molar-refractivity contribution < 1.29 is 0 Å². The van der Waals surface area contributed by atoms with Crippen LogP contribution in [0.15, 0.2) is 54.6 Å². The SMILES string of the molecule is C1=CC(CNCc2ccccc2)C=C1. The van der Waals surface area contributed by atoms with Gasteiger partial charge in [0.25, 0.3) is 0 Å². The maximum Gasteiger partial charge on any atom is 0.0205 e. The van der Waals surface area contributed by atoms with E-state index in [0.717, 1.165) is 13.1 Å². The quantitative estimate of drug-likeness (QED) is 0.760. The molecule has 0 bridgehead atoms. The fourth-order valence-corrected chi connectivity index (χ4v) is 1.59. The highest BCUT2D eigenvalue weighted by atomic mass is 14.9. The van der Waals surface area contributed by atoms with Crippen molar-refractivity contribution in [2.75, 3.05) is 6.54 Å². The normalized spacial score (nSPS) is 15.1. The molecule has 1 aliphatic rings. The minimum absolute atomic E-state index is 0.582. The first-order chi connectivity index (χ1) is 6.95. The number of allylic oxidation sites excluding steroid dienone is 2. The van der Waals surface area contributed by atoms with E-state index in [1.54, 1.807) is 0 Å². The zero-order chi connectivity index (χ0) is 9.64. The summed E-state index contributed by atoms with van der Waals surface area (Å²) in [7, 11) is 0. The van der Waals surface area contributed by atoms with Crippen molar-refractivity contribution in [2.24, 2.45) is 5.92 Å². The van der Waals surface area contributed by atoms with E-state index in [2.05, 4.69) is 53.9 Å². The summed E-state index contributed by atoms with van der Waals surface area (Å²) in [6, 6.07) is 10.5. The lowest BCUT2D eigenvalue weighted by atomic mass is 10.1. The van der Waals surface area contributed by atoms with E-state index in [0.29, 0.717) is 5.92 Å². The van der Waals surface area contributed by atoms with Gasteiger partial charge in [-0.05, 0) is 5.56 Å².